The monoisotopic (exact) mass is 333 g/mol. The van der Waals surface area contributed by atoms with Crippen molar-refractivity contribution in [1.29, 1.82) is 0 Å². The van der Waals surface area contributed by atoms with Crippen LogP contribution in [0.1, 0.15) is 0 Å². The standard InChI is InChI=1S/C16H12ClNO3S/c17-12-4-2-5-13(10-12)18-14-7-8-15-11(9-14)3-1-6-16(15)22(19,20)21/h1-10,18H,(H,19,20,21). The third-order valence-electron chi connectivity index (χ3n) is 3.23. The van der Waals surface area contributed by atoms with Crippen molar-refractivity contribution in [1.82, 2.24) is 0 Å². The van der Waals surface area contributed by atoms with Crippen LogP contribution < -0.4 is 5.32 Å². The summed E-state index contributed by atoms with van der Waals surface area (Å²) < 4.78 is 32.0. The number of fused-ring (bicyclic) bond motifs is 1. The van der Waals surface area contributed by atoms with Crippen molar-refractivity contribution in [3.05, 3.63) is 65.7 Å². The Morgan fingerprint density at radius 1 is 0.909 bits per heavy atom. The first-order valence-corrected chi connectivity index (χ1v) is 8.28. The molecule has 0 aromatic heterocycles. The fourth-order valence-corrected chi connectivity index (χ4v) is 3.19. The van der Waals surface area contributed by atoms with Gasteiger partial charge in [-0.3, -0.25) is 4.55 Å². The Bertz CT molecular complexity index is 955. The molecule has 0 heterocycles. The lowest BCUT2D eigenvalue weighted by molar-refractivity contribution is 0.484. The molecule has 3 rings (SSSR count). The van der Waals surface area contributed by atoms with Gasteiger partial charge in [0.25, 0.3) is 10.1 Å². The maximum atomic E-state index is 11.4. The van der Waals surface area contributed by atoms with E-state index >= 15 is 0 Å². The molecule has 3 aromatic rings. The molecule has 0 radical (unpaired) electrons. The summed E-state index contributed by atoms with van der Waals surface area (Å²) in [6.07, 6.45) is 0. The zero-order chi connectivity index (χ0) is 15.7. The van der Waals surface area contributed by atoms with Crippen molar-refractivity contribution in [2.24, 2.45) is 0 Å². The maximum Gasteiger partial charge on any atom is 0.295 e. The highest BCUT2D eigenvalue weighted by Crippen LogP contribution is 2.27. The second-order valence-electron chi connectivity index (χ2n) is 4.80. The number of benzene rings is 3. The van der Waals surface area contributed by atoms with Gasteiger partial charge < -0.3 is 5.32 Å². The second-order valence-corrected chi connectivity index (χ2v) is 6.63. The van der Waals surface area contributed by atoms with Crippen molar-refractivity contribution < 1.29 is 13.0 Å². The molecule has 0 aliphatic carbocycles. The van der Waals surface area contributed by atoms with E-state index in [0.717, 1.165) is 11.4 Å². The Kier molecular flexibility index (Phi) is 3.78. The Morgan fingerprint density at radius 3 is 2.36 bits per heavy atom. The number of anilines is 2. The fourth-order valence-electron chi connectivity index (χ4n) is 2.29. The molecule has 0 fully saturated rings. The Hall–Kier alpha value is -2.08. The zero-order valence-electron chi connectivity index (χ0n) is 11.3. The minimum absolute atomic E-state index is 0.0979. The Balaban J connectivity index is 2.04. The van der Waals surface area contributed by atoms with Crippen LogP contribution in [0.5, 0.6) is 0 Å². The molecule has 0 amide bonds. The smallest absolute Gasteiger partial charge is 0.295 e. The predicted octanol–water partition coefficient (Wildman–Crippen LogP) is 4.48. The summed E-state index contributed by atoms with van der Waals surface area (Å²) in [5.74, 6) is 0. The van der Waals surface area contributed by atoms with Crippen LogP contribution in [0.3, 0.4) is 0 Å². The normalized spacial score (nSPS) is 11.5. The molecular weight excluding hydrogens is 322 g/mol. The van der Waals surface area contributed by atoms with Crippen LogP contribution in [0, 0.1) is 0 Å². The Morgan fingerprint density at radius 2 is 1.64 bits per heavy atom. The van der Waals surface area contributed by atoms with Gasteiger partial charge in [-0.1, -0.05) is 35.9 Å². The molecule has 0 spiro atoms. The minimum atomic E-state index is -4.24. The fraction of sp³-hybridized carbons (Fsp3) is 0. The lowest BCUT2D eigenvalue weighted by atomic mass is 10.1. The predicted molar refractivity (Wildman–Crippen MR) is 88.5 cm³/mol. The number of hydrogen-bond donors (Lipinski definition) is 2. The summed E-state index contributed by atoms with van der Waals surface area (Å²) in [4.78, 5) is -0.0979. The highest BCUT2D eigenvalue weighted by Gasteiger charge is 2.13. The molecule has 2 N–H and O–H groups in total. The van der Waals surface area contributed by atoms with Crippen LogP contribution in [-0.4, -0.2) is 13.0 Å². The second kappa shape index (κ2) is 5.61. The number of nitrogens with one attached hydrogen (secondary N) is 1. The van der Waals surface area contributed by atoms with Crippen LogP contribution in [0.4, 0.5) is 11.4 Å². The largest absolute Gasteiger partial charge is 0.355 e. The average Bonchev–Trinajstić information content (AvgIpc) is 2.45. The van der Waals surface area contributed by atoms with Crippen LogP contribution in [0.25, 0.3) is 10.8 Å². The van der Waals surface area contributed by atoms with E-state index < -0.39 is 10.1 Å². The van der Waals surface area contributed by atoms with Gasteiger partial charge in [-0.2, -0.15) is 8.42 Å². The van der Waals surface area contributed by atoms with E-state index in [-0.39, 0.29) is 4.90 Å². The highest BCUT2D eigenvalue weighted by molar-refractivity contribution is 7.86. The zero-order valence-corrected chi connectivity index (χ0v) is 12.9. The molecule has 0 bridgehead atoms. The SMILES string of the molecule is O=S(=O)(O)c1cccc2cc(Nc3cccc(Cl)c3)ccc12. The molecule has 0 saturated carbocycles. The highest BCUT2D eigenvalue weighted by atomic mass is 35.5. The van der Waals surface area contributed by atoms with Crippen molar-refractivity contribution in [3.8, 4) is 0 Å². The quantitative estimate of drug-likeness (QED) is 0.693. The third kappa shape index (κ3) is 3.06. The van der Waals surface area contributed by atoms with Gasteiger partial charge in [-0.25, -0.2) is 0 Å². The summed E-state index contributed by atoms with van der Waals surface area (Å²) >= 11 is 5.94. The van der Waals surface area contributed by atoms with Crippen LogP contribution >= 0.6 is 11.6 Å². The molecule has 0 unspecified atom stereocenters. The van der Waals surface area contributed by atoms with Crippen LogP contribution in [0.15, 0.2) is 65.6 Å². The number of hydrogen-bond acceptors (Lipinski definition) is 3. The molecular formula is C16H12ClNO3S. The molecule has 22 heavy (non-hydrogen) atoms. The van der Waals surface area contributed by atoms with E-state index in [2.05, 4.69) is 5.32 Å². The van der Waals surface area contributed by atoms with Crippen LogP contribution in [0.2, 0.25) is 5.02 Å². The topological polar surface area (TPSA) is 66.4 Å². The molecule has 4 nitrogen and oxygen atoms in total. The molecule has 0 atom stereocenters. The van der Waals surface area contributed by atoms with E-state index in [1.807, 2.05) is 18.2 Å². The van der Waals surface area contributed by atoms with E-state index in [9.17, 15) is 13.0 Å². The summed E-state index contributed by atoms with van der Waals surface area (Å²) in [5.41, 5.74) is 1.63. The maximum absolute atomic E-state index is 11.4. The van der Waals surface area contributed by atoms with Gasteiger partial charge in [-0.15, -0.1) is 0 Å². The molecule has 6 heteroatoms. The van der Waals surface area contributed by atoms with Crippen molar-refractivity contribution in [2.45, 2.75) is 4.90 Å². The summed E-state index contributed by atoms with van der Waals surface area (Å²) in [5, 5.41) is 5.01. The van der Waals surface area contributed by atoms with Crippen molar-refractivity contribution in [3.63, 3.8) is 0 Å². The van der Waals surface area contributed by atoms with E-state index in [1.54, 1.807) is 36.4 Å². The molecule has 3 aromatic carbocycles. The van der Waals surface area contributed by atoms with Gasteiger partial charge in [0.05, 0.1) is 0 Å². The van der Waals surface area contributed by atoms with Crippen molar-refractivity contribution in [2.75, 3.05) is 5.32 Å². The lowest BCUT2D eigenvalue weighted by Gasteiger charge is -2.09. The summed E-state index contributed by atoms with van der Waals surface area (Å²) in [7, 11) is -4.24. The van der Waals surface area contributed by atoms with Gasteiger partial charge >= 0.3 is 0 Å². The first kappa shape index (κ1) is 14.8. The summed E-state index contributed by atoms with van der Waals surface area (Å²) in [6, 6.07) is 17.3. The summed E-state index contributed by atoms with van der Waals surface area (Å²) in [6.45, 7) is 0. The first-order chi connectivity index (χ1) is 10.4. The molecule has 112 valence electrons. The number of halogens is 1. The van der Waals surface area contributed by atoms with E-state index in [4.69, 9.17) is 11.6 Å². The minimum Gasteiger partial charge on any atom is -0.355 e. The third-order valence-corrected chi connectivity index (χ3v) is 4.38. The lowest BCUT2D eigenvalue weighted by Crippen LogP contribution is -1.99. The number of rotatable bonds is 3. The molecule has 0 saturated heterocycles. The average molecular weight is 334 g/mol. The van der Waals surface area contributed by atoms with Crippen LogP contribution in [-0.2, 0) is 10.1 Å². The van der Waals surface area contributed by atoms with Gasteiger partial charge in [0.15, 0.2) is 0 Å². The van der Waals surface area contributed by atoms with Gasteiger partial charge in [0, 0.05) is 21.8 Å². The molecule has 0 aliphatic rings. The van der Waals surface area contributed by atoms with Gasteiger partial charge in [-0.05, 0) is 41.8 Å². The van der Waals surface area contributed by atoms with E-state index in [0.29, 0.717) is 15.8 Å². The van der Waals surface area contributed by atoms with Gasteiger partial charge in [0.1, 0.15) is 4.90 Å². The van der Waals surface area contributed by atoms with Gasteiger partial charge in [0.2, 0.25) is 0 Å². The van der Waals surface area contributed by atoms with Crippen molar-refractivity contribution >= 4 is 43.9 Å². The Labute approximate surface area is 133 Å². The first-order valence-electron chi connectivity index (χ1n) is 6.46. The van der Waals surface area contributed by atoms with E-state index in [1.165, 1.54) is 6.07 Å². The molecule has 0 aliphatic heterocycles.